The molecule has 1 aromatic carbocycles. The van der Waals surface area contributed by atoms with Crippen molar-refractivity contribution in [3.8, 4) is 0 Å². The van der Waals surface area contributed by atoms with Crippen LogP contribution in [0.5, 0.6) is 0 Å². The zero-order chi connectivity index (χ0) is 19.4. The summed E-state index contributed by atoms with van der Waals surface area (Å²) < 4.78 is 1.90. The van der Waals surface area contributed by atoms with Gasteiger partial charge in [-0.3, -0.25) is 9.59 Å². The van der Waals surface area contributed by atoms with E-state index < -0.39 is 0 Å². The molecule has 0 saturated heterocycles. The van der Waals surface area contributed by atoms with Crippen LogP contribution in [0.1, 0.15) is 45.2 Å². The average molecular weight is 369 g/mol. The summed E-state index contributed by atoms with van der Waals surface area (Å²) in [6, 6.07) is 7.63. The molecule has 1 aromatic heterocycles. The van der Waals surface area contributed by atoms with Gasteiger partial charge in [-0.05, 0) is 51.9 Å². The molecule has 0 aliphatic carbocycles. The number of aryl methyl sites for hydroxylation is 1. The first-order valence-electron chi connectivity index (χ1n) is 9.36. The monoisotopic (exact) mass is 369 g/mol. The number of anilines is 1. The van der Waals surface area contributed by atoms with Crippen LogP contribution in [0.15, 0.2) is 24.3 Å². The third kappa shape index (κ3) is 4.36. The molecule has 2 amide bonds. The van der Waals surface area contributed by atoms with Crippen molar-refractivity contribution in [2.45, 2.75) is 32.7 Å². The smallest absolute Gasteiger partial charge is 0.287 e. The number of fused-ring (bicyclic) bond motifs is 1. The summed E-state index contributed by atoms with van der Waals surface area (Å²) in [6.45, 7) is 3.96. The van der Waals surface area contributed by atoms with Crippen molar-refractivity contribution in [2.75, 3.05) is 32.5 Å². The van der Waals surface area contributed by atoms with Crippen molar-refractivity contribution >= 4 is 17.5 Å². The summed E-state index contributed by atoms with van der Waals surface area (Å²) in [4.78, 5) is 31.9. The van der Waals surface area contributed by atoms with Gasteiger partial charge in [0, 0.05) is 25.3 Å². The first-order valence-corrected chi connectivity index (χ1v) is 9.36. The summed E-state index contributed by atoms with van der Waals surface area (Å²) in [5.74, 6) is -0.157. The minimum atomic E-state index is -0.262. The van der Waals surface area contributed by atoms with Crippen LogP contribution in [0.3, 0.4) is 0 Å². The van der Waals surface area contributed by atoms with Crippen molar-refractivity contribution in [1.82, 2.24) is 19.8 Å². The fourth-order valence-electron chi connectivity index (χ4n) is 3.26. The molecule has 2 aromatic rings. The Morgan fingerprint density at radius 1 is 1.19 bits per heavy atom. The van der Waals surface area contributed by atoms with Gasteiger partial charge in [-0.15, -0.1) is 0 Å². The van der Waals surface area contributed by atoms with Crippen LogP contribution < -0.4 is 10.6 Å². The summed E-state index contributed by atoms with van der Waals surface area (Å²) >= 11 is 0. The second-order valence-electron chi connectivity index (χ2n) is 7.17. The second-order valence-corrected chi connectivity index (χ2v) is 7.17. The quantitative estimate of drug-likeness (QED) is 0.817. The zero-order valence-corrected chi connectivity index (χ0v) is 16.2. The number of hydrogen-bond acceptors (Lipinski definition) is 4. The number of carbonyl (C=O) groups is 2. The lowest BCUT2D eigenvalue weighted by Crippen LogP contribution is -2.33. The van der Waals surface area contributed by atoms with Crippen LogP contribution in [0.4, 0.5) is 5.69 Å². The van der Waals surface area contributed by atoms with Gasteiger partial charge < -0.3 is 20.1 Å². The van der Waals surface area contributed by atoms with E-state index in [0.29, 0.717) is 18.1 Å². The van der Waals surface area contributed by atoms with Gasteiger partial charge >= 0.3 is 0 Å². The van der Waals surface area contributed by atoms with E-state index in [2.05, 4.69) is 15.6 Å². The second kappa shape index (κ2) is 8.35. The number of rotatable bonds is 6. The fourth-order valence-corrected chi connectivity index (χ4v) is 3.26. The summed E-state index contributed by atoms with van der Waals surface area (Å²) in [7, 11) is 3.91. The molecule has 7 nitrogen and oxygen atoms in total. The fraction of sp³-hybridized carbons (Fsp3) is 0.450. The van der Waals surface area contributed by atoms with Gasteiger partial charge in [-0.1, -0.05) is 18.2 Å². The predicted molar refractivity (Wildman–Crippen MR) is 105 cm³/mol. The molecule has 7 heteroatoms. The van der Waals surface area contributed by atoms with Gasteiger partial charge in [0.25, 0.3) is 11.8 Å². The van der Waals surface area contributed by atoms with E-state index in [1.165, 1.54) is 0 Å². The van der Waals surface area contributed by atoms with Crippen molar-refractivity contribution < 1.29 is 9.59 Å². The number of nitrogens with zero attached hydrogens (tertiary/aromatic N) is 3. The zero-order valence-electron chi connectivity index (χ0n) is 16.2. The molecular formula is C20H27N5O2. The van der Waals surface area contributed by atoms with Crippen molar-refractivity contribution in [2.24, 2.45) is 0 Å². The molecule has 2 heterocycles. The number of carbonyl (C=O) groups excluding carboxylic acids is 2. The number of nitrogens with one attached hydrogen (secondary N) is 2. The normalized spacial score (nSPS) is 13.3. The molecule has 0 atom stereocenters. The molecule has 0 spiro atoms. The van der Waals surface area contributed by atoms with Gasteiger partial charge in [0.15, 0.2) is 11.5 Å². The molecule has 1 aliphatic heterocycles. The molecule has 2 N–H and O–H groups in total. The Morgan fingerprint density at radius 2 is 1.96 bits per heavy atom. The summed E-state index contributed by atoms with van der Waals surface area (Å²) in [5.41, 5.74) is 2.96. The van der Waals surface area contributed by atoms with Crippen LogP contribution in [-0.2, 0) is 13.0 Å². The van der Waals surface area contributed by atoms with Crippen molar-refractivity contribution in [3.63, 3.8) is 0 Å². The molecule has 0 fully saturated rings. The third-order valence-electron chi connectivity index (χ3n) is 4.77. The number of amides is 2. The van der Waals surface area contributed by atoms with Gasteiger partial charge in [0.05, 0.1) is 5.69 Å². The lowest BCUT2D eigenvalue weighted by molar-refractivity contribution is 0.0935. The Labute approximate surface area is 159 Å². The predicted octanol–water partition coefficient (Wildman–Crippen LogP) is 2.07. The maximum atomic E-state index is 12.9. The van der Waals surface area contributed by atoms with Crippen LogP contribution in [-0.4, -0.2) is 53.5 Å². The van der Waals surface area contributed by atoms with E-state index in [1.54, 1.807) is 0 Å². The molecule has 3 rings (SSSR count). The SMILES string of the molecule is Cc1ccccc1NC(=O)c1nc(C(=O)NCCN(C)C)n2c1CCCC2. The van der Waals surface area contributed by atoms with E-state index in [-0.39, 0.29) is 11.8 Å². The third-order valence-corrected chi connectivity index (χ3v) is 4.77. The molecule has 144 valence electrons. The van der Waals surface area contributed by atoms with E-state index in [0.717, 1.165) is 49.3 Å². The highest BCUT2D eigenvalue weighted by molar-refractivity contribution is 6.05. The molecular weight excluding hydrogens is 342 g/mol. The Kier molecular flexibility index (Phi) is 5.91. The standard InChI is InChI=1S/C20H27N5O2/c1-14-8-4-5-9-15(14)22-19(26)17-16-10-6-7-12-25(16)18(23-17)20(27)21-11-13-24(2)3/h4-5,8-9H,6-7,10-13H2,1-3H3,(H,21,27)(H,22,26). The maximum Gasteiger partial charge on any atom is 0.287 e. The lowest BCUT2D eigenvalue weighted by atomic mass is 10.1. The van der Waals surface area contributed by atoms with Crippen molar-refractivity contribution in [3.05, 3.63) is 47.0 Å². The van der Waals surface area contributed by atoms with Gasteiger partial charge in [0.1, 0.15) is 0 Å². The minimum Gasteiger partial charge on any atom is -0.348 e. The number of hydrogen-bond donors (Lipinski definition) is 2. The summed E-state index contributed by atoms with van der Waals surface area (Å²) in [5, 5.41) is 5.83. The molecule has 1 aliphatic rings. The van der Waals surface area contributed by atoms with Crippen molar-refractivity contribution in [1.29, 1.82) is 0 Å². The highest BCUT2D eigenvalue weighted by Crippen LogP contribution is 2.23. The van der Waals surface area contributed by atoms with Crippen LogP contribution >= 0.6 is 0 Å². The van der Waals surface area contributed by atoms with Crippen LogP contribution in [0.2, 0.25) is 0 Å². The van der Waals surface area contributed by atoms with Gasteiger partial charge in [0.2, 0.25) is 0 Å². The summed E-state index contributed by atoms with van der Waals surface area (Å²) in [6.07, 6.45) is 2.74. The number of likely N-dealkylation sites (N-methyl/N-ethyl adjacent to an activating group) is 1. The maximum absolute atomic E-state index is 12.9. The largest absolute Gasteiger partial charge is 0.348 e. The highest BCUT2D eigenvalue weighted by Gasteiger charge is 2.27. The molecule has 0 radical (unpaired) electrons. The Balaban J connectivity index is 1.83. The van der Waals surface area contributed by atoms with Crippen LogP contribution in [0.25, 0.3) is 0 Å². The molecule has 0 bridgehead atoms. The van der Waals surface area contributed by atoms with Crippen LogP contribution in [0, 0.1) is 6.92 Å². The van der Waals surface area contributed by atoms with E-state index >= 15 is 0 Å². The molecule has 27 heavy (non-hydrogen) atoms. The topological polar surface area (TPSA) is 79.3 Å². The Morgan fingerprint density at radius 3 is 2.70 bits per heavy atom. The highest BCUT2D eigenvalue weighted by atomic mass is 16.2. The van der Waals surface area contributed by atoms with Gasteiger partial charge in [-0.2, -0.15) is 0 Å². The Bertz CT molecular complexity index is 841. The first-order chi connectivity index (χ1) is 13.0. The number of aromatic nitrogens is 2. The van der Waals surface area contributed by atoms with Gasteiger partial charge in [-0.25, -0.2) is 4.98 Å². The Hall–Kier alpha value is -2.67. The molecule has 0 unspecified atom stereocenters. The number of benzene rings is 1. The van der Waals surface area contributed by atoms with E-state index in [4.69, 9.17) is 0 Å². The number of para-hydroxylation sites is 1. The number of imidazole rings is 1. The van der Waals surface area contributed by atoms with E-state index in [1.807, 2.05) is 54.8 Å². The average Bonchev–Trinajstić information content (AvgIpc) is 3.03. The molecule has 0 saturated carbocycles. The minimum absolute atomic E-state index is 0.227. The first kappa shape index (κ1) is 19.1. The van der Waals surface area contributed by atoms with E-state index in [9.17, 15) is 9.59 Å². The lowest BCUT2D eigenvalue weighted by Gasteiger charge is -2.17.